The Balaban J connectivity index is 1.85. The van der Waals surface area contributed by atoms with Crippen LogP contribution in [-0.2, 0) is 9.53 Å². The van der Waals surface area contributed by atoms with Crippen molar-refractivity contribution >= 4 is 29.2 Å². The zero-order valence-corrected chi connectivity index (χ0v) is 16.0. The summed E-state index contributed by atoms with van der Waals surface area (Å²) in [6.45, 7) is 5.73. The van der Waals surface area contributed by atoms with E-state index in [2.05, 4.69) is 10.4 Å². The van der Waals surface area contributed by atoms with Crippen molar-refractivity contribution in [2.45, 2.75) is 26.8 Å². The summed E-state index contributed by atoms with van der Waals surface area (Å²) in [4.78, 5) is 26.9. The van der Waals surface area contributed by atoms with Crippen LogP contribution in [0.2, 0.25) is 0 Å². The molecule has 1 aromatic heterocycles. The molecule has 1 amide bonds. The molecule has 138 valence electrons. The number of aromatic nitrogens is 2. The van der Waals surface area contributed by atoms with E-state index in [0.29, 0.717) is 22.5 Å². The van der Waals surface area contributed by atoms with Crippen molar-refractivity contribution < 1.29 is 14.3 Å². The van der Waals surface area contributed by atoms with Crippen LogP contribution in [0, 0.1) is 6.92 Å². The topological polar surface area (TPSA) is 76.5 Å². The normalized spacial score (nSPS) is 18.3. The molecule has 0 fully saturated rings. The third-order valence-electron chi connectivity index (χ3n) is 4.67. The van der Waals surface area contributed by atoms with Crippen LogP contribution in [0.25, 0.3) is 5.69 Å². The molecule has 0 saturated carbocycles. The number of fused-ring (bicyclic) bond motifs is 3. The van der Waals surface area contributed by atoms with Crippen molar-refractivity contribution in [2.24, 2.45) is 0 Å². The smallest absolute Gasteiger partial charge is 0.338 e. The largest absolute Gasteiger partial charge is 0.463 e. The van der Waals surface area contributed by atoms with Crippen LogP contribution >= 0.6 is 12.2 Å². The monoisotopic (exact) mass is 382 g/mol. The molecule has 0 bridgehead atoms. The van der Waals surface area contributed by atoms with Gasteiger partial charge in [0, 0.05) is 17.5 Å². The number of thiocarbonyl (C=S) groups is 1. The first-order chi connectivity index (χ1) is 12.9. The Bertz CT molecular complexity index is 1020. The second-order valence-electron chi connectivity index (χ2n) is 6.48. The van der Waals surface area contributed by atoms with Crippen LogP contribution in [0.3, 0.4) is 0 Å². The van der Waals surface area contributed by atoms with Crippen LogP contribution in [0.4, 0.5) is 0 Å². The minimum Gasteiger partial charge on any atom is -0.463 e. The first-order valence-corrected chi connectivity index (χ1v) is 9.02. The zero-order valence-electron chi connectivity index (χ0n) is 15.1. The summed E-state index contributed by atoms with van der Waals surface area (Å²) in [5, 5.41) is 7.66. The van der Waals surface area contributed by atoms with Gasteiger partial charge in [0.1, 0.15) is 6.04 Å². The molecule has 8 heteroatoms. The fourth-order valence-electron chi connectivity index (χ4n) is 3.49. The maximum absolute atomic E-state index is 12.9. The number of aryl methyl sites for hydroxylation is 1. The van der Waals surface area contributed by atoms with E-state index in [0.717, 1.165) is 11.3 Å². The third-order valence-corrected chi connectivity index (χ3v) is 4.97. The molecule has 0 saturated heterocycles. The molecular formula is C19H18N4O3S. The number of hydrogen-bond donors (Lipinski definition) is 1. The average Bonchev–Trinajstić information content (AvgIpc) is 3.15. The van der Waals surface area contributed by atoms with Gasteiger partial charge in [-0.25, -0.2) is 9.48 Å². The second-order valence-corrected chi connectivity index (χ2v) is 6.87. The number of allylic oxidation sites excluding steroid dienone is 1. The minimum atomic E-state index is -0.626. The van der Waals surface area contributed by atoms with Gasteiger partial charge in [0.2, 0.25) is 0 Å². The van der Waals surface area contributed by atoms with Gasteiger partial charge >= 0.3 is 5.97 Å². The standard InChI is InChI=1S/C19H18N4O3S/c1-4-26-18(25)14-11(3)20-19(27)23-16(14)13-9-22(21-15(13)17(23)24)12-7-5-6-10(2)8-12/h5-9,16H,4H2,1-3H3,(H,20,27)/t16-/m1/s1. The summed E-state index contributed by atoms with van der Waals surface area (Å²) in [6.07, 6.45) is 1.78. The van der Waals surface area contributed by atoms with Gasteiger partial charge in [-0.2, -0.15) is 5.10 Å². The maximum atomic E-state index is 12.9. The minimum absolute atomic E-state index is 0.246. The van der Waals surface area contributed by atoms with Crippen molar-refractivity contribution in [3.05, 3.63) is 58.6 Å². The number of ether oxygens (including phenoxy) is 1. The van der Waals surface area contributed by atoms with Crippen LogP contribution in [-0.4, -0.2) is 38.3 Å². The van der Waals surface area contributed by atoms with Crippen molar-refractivity contribution in [2.75, 3.05) is 6.61 Å². The van der Waals surface area contributed by atoms with Gasteiger partial charge in [-0.3, -0.25) is 9.69 Å². The Morgan fingerprint density at radius 2 is 2.15 bits per heavy atom. The summed E-state index contributed by atoms with van der Waals surface area (Å²) >= 11 is 5.33. The Kier molecular flexibility index (Phi) is 4.07. The van der Waals surface area contributed by atoms with Crippen LogP contribution in [0.5, 0.6) is 0 Å². The zero-order chi connectivity index (χ0) is 19.3. The van der Waals surface area contributed by atoms with Gasteiger partial charge in [0.25, 0.3) is 5.91 Å². The average molecular weight is 382 g/mol. The van der Waals surface area contributed by atoms with Crippen molar-refractivity contribution in [1.82, 2.24) is 20.0 Å². The SMILES string of the molecule is CCOC(=O)C1=C(C)NC(=S)N2C(=O)c3nn(-c4cccc(C)c4)cc3[C@H]12. The van der Waals surface area contributed by atoms with E-state index in [1.807, 2.05) is 31.2 Å². The van der Waals surface area contributed by atoms with Gasteiger partial charge in [0.05, 0.1) is 17.9 Å². The van der Waals surface area contributed by atoms with E-state index in [9.17, 15) is 9.59 Å². The molecule has 0 aliphatic carbocycles. The molecule has 1 N–H and O–H groups in total. The van der Waals surface area contributed by atoms with Crippen molar-refractivity contribution in [3.63, 3.8) is 0 Å². The lowest BCUT2D eigenvalue weighted by Gasteiger charge is -2.33. The first kappa shape index (κ1) is 17.4. The lowest BCUT2D eigenvalue weighted by atomic mass is 9.98. The Hall–Kier alpha value is -3.00. The van der Waals surface area contributed by atoms with E-state index in [-0.39, 0.29) is 17.6 Å². The number of esters is 1. The predicted molar refractivity (Wildman–Crippen MR) is 102 cm³/mol. The molecule has 27 heavy (non-hydrogen) atoms. The lowest BCUT2D eigenvalue weighted by molar-refractivity contribution is -0.139. The number of hydrogen-bond acceptors (Lipinski definition) is 5. The Morgan fingerprint density at radius 3 is 2.85 bits per heavy atom. The molecule has 1 aromatic carbocycles. The number of nitrogens with zero attached hydrogens (tertiary/aromatic N) is 3. The molecule has 2 aliphatic heterocycles. The van der Waals surface area contributed by atoms with Gasteiger partial charge in [-0.1, -0.05) is 12.1 Å². The highest BCUT2D eigenvalue weighted by Gasteiger charge is 2.49. The molecule has 3 heterocycles. The predicted octanol–water partition coefficient (Wildman–Crippen LogP) is 2.40. The molecule has 4 rings (SSSR count). The Morgan fingerprint density at radius 1 is 1.37 bits per heavy atom. The van der Waals surface area contributed by atoms with Crippen molar-refractivity contribution in [1.29, 1.82) is 0 Å². The van der Waals surface area contributed by atoms with Gasteiger partial charge in [-0.05, 0) is 50.7 Å². The highest BCUT2D eigenvalue weighted by Crippen LogP contribution is 2.42. The van der Waals surface area contributed by atoms with Crippen LogP contribution in [0.1, 0.15) is 41.5 Å². The van der Waals surface area contributed by atoms with Gasteiger partial charge in [0.15, 0.2) is 10.8 Å². The Labute approximate surface area is 161 Å². The second kappa shape index (κ2) is 6.31. The molecule has 0 unspecified atom stereocenters. The third kappa shape index (κ3) is 2.64. The van der Waals surface area contributed by atoms with E-state index in [1.165, 1.54) is 4.90 Å². The van der Waals surface area contributed by atoms with Gasteiger partial charge < -0.3 is 10.1 Å². The summed E-state index contributed by atoms with van der Waals surface area (Å²) in [7, 11) is 0. The van der Waals surface area contributed by atoms with Crippen LogP contribution < -0.4 is 5.32 Å². The highest BCUT2D eigenvalue weighted by atomic mass is 32.1. The number of benzene rings is 1. The molecular weight excluding hydrogens is 364 g/mol. The van der Waals surface area contributed by atoms with E-state index >= 15 is 0 Å². The summed E-state index contributed by atoms with van der Waals surface area (Å²) in [5.41, 5.74) is 3.83. The van der Waals surface area contributed by atoms with Crippen molar-refractivity contribution in [3.8, 4) is 5.69 Å². The maximum Gasteiger partial charge on any atom is 0.338 e. The summed E-state index contributed by atoms with van der Waals surface area (Å²) in [5.74, 6) is -0.794. The van der Waals surface area contributed by atoms with E-state index < -0.39 is 12.0 Å². The lowest BCUT2D eigenvalue weighted by Crippen LogP contribution is -2.48. The quantitative estimate of drug-likeness (QED) is 0.649. The highest BCUT2D eigenvalue weighted by molar-refractivity contribution is 7.80. The molecule has 7 nitrogen and oxygen atoms in total. The molecule has 0 radical (unpaired) electrons. The fraction of sp³-hybridized carbons (Fsp3) is 0.263. The number of rotatable bonds is 3. The molecule has 2 aromatic rings. The van der Waals surface area contributed by atoms with E-state index in [4.69, 9.17) is 17.0 Å². The summed E-state index contributed by atoms with van der Waals surface area (Å²) in [6, 6.07) is 7.19. The number of carbonyl (C=O) groups is 2. The summed E-state index contributed by atoms with van der Waals surface area (Å²) < 4.78 is 6.87. The number of carbonyl (C=O) groups excluding carboxylic acids is 2. The number of nitrogens with one attached hydrogen (secondary N) is 1. The molecule has 0 spiro atoms. The van der Waals surface area contributed by atoms with Gasteiger partial charge in [-0.15, -0.1) is 0 Å². The van der Waals surface area contributed by atoms with E-state index in [1.54, 1.807) is 24.7 Å². The van der Waals surface area contributed by atoms with Crippen LogP contribution in [0.15, 0.2) is 41.7 Å². The molecule has 1 atom stereocenters. The number of amides is 1. The molecule has 2 aliphatic rings. The fourth-order valence-corrected chi connectivity index (χ4v) is 3.83. The first-order valence-electron chi connectivity index (χ1n) is 8.61.